The molecule has 0 aliphatic rings. The average Bonchev–Trinajstić information content (AvgIpc) is 2.37. The highest BCUT2D eigenvalue weighted by molar-refractivity contribution is 7.98. The number of urea groups is 1. The lowest BCUT2D eigenvalue weighted by atomic mass is 10.2. The van der Waals surface area contributed by atoms with E-state index in [0.717, 1.165) is 0 Å². The van der Waals surface area contributed by atoms with Crippen molar-refractivity contribution in [3.8, 4) is 5.75 Å². The molecule has 0 heterocycles. The number of phenolic OH excluding ortho intramolecular Hbond substituents is 1. The Morgan fingerprint density at radius 2 is 2.05 bits per heavy atom. The van der Waals surface area contributed by atoms with Crippen molar-refractivity contribution in [2.24, 2.45) is 0 Å². The third kappa shape index (κ3) is 5.09. The number of benzene rings is 1. The van der Waals surface area contributed by atoms with Crippen LogP contribution in [0.15, 0.2) is 24.3 Å². The fraction of sp³-hybridized carbons (Fsp3) is 0.333. The minimum Gasteiger partial charge on any atom is -0.506 e. The van der Waals surface area contributed by atoms with E-state index in [-0.39, 0.29) is 11.4 Å². The number of hydrogen-bond donors (Lipinski definition) is 4. The number of aliphatic carboxylic acids is 1. The van der Waals surface area contributed by atoms with Crippen molar-refractivity contribution in [2.75, 3.05) is 17.3 Å². The second-order valence-corrected chi connectivity index (χ2v) is 4.77. The van der Waals surface area contributed by atoms with Crippen LogP contribution in [0.2, 0.25) is 0 Å². The van der Waals surface area contributed by atoms with Gasteiger partial charge >= 0.3 is 12.0 Å². The summed E-state index contributed by atoms with van der Waals surface area (Å²) in [4.78, 5) is 22.6. The zero-order valence-electron chi connectivity index (χ0n) is 10.4. The molecule has 0 saturated heterocycles. The number of carboxylic acid groups (broad SMARTS) is 1. The van der Waals surface area contributed by atoms with Crippen molar-refractivity contribution in [1.82, 2.24) is 5.32 Å². The van der Waals surface area contributed by atoms with Gasteiger partial charge in [0.25, 0.3) is 0 Å². The van der Waals surface area contributed by atoms with Gasteiger partial charge in [0.05, 0.1) is 5.69 Å². The summed E-state index contributed by atoms with van der Waals surface area (Å²) in [5.41, 5.74) is 0.231. The summed E-state index contributed by atoms with van der Waals surface area (Å²) in [6.45, 7) is 0. The van der Waals surface area contributed by atoms with E-state index in [2.05, 4.69) is 10.6 Å². The molecule has 1 aromatic carbocycles. The maximum Gasteiger partial charge on any atom is 0.326 e. The molecular weight excluding hydrogens is 268 g/mol. The van der Waals surface area contributed by atoms with Gasteiger partial charge in [-0.1, -0.05) is 12.1 Å². The summed E-state index contributed by atoms with van der Waals surface area (Å²) >= 11 is 1.51. The molecule has 104 valence electrons. The average molecular weight is 284 g/mol. The molecule has 19 heavy (non-hydrogen) atoms. The Hall–Kier alpha value is -1.89. The SMILES string of the molecule is CSCCC(NC(=O)Nc1ccccc1O)C(=O)O. The smallest absolute Gasteiger partial charge is 0.326 e. The van der Waals surface area contributed by atoms with E-state index in [1.54, 1.807) is 12.1 Å². The van der Waals surface area contributed by atoms with Crippen LogP contribution in [-0.2, 0) is 4.79 Å². The standard InChI is InChI=1S/C12H16N2O4S/c1-19-7-6-9(11(16)17)14-12(18)13-8-4-2-3-5-10(8)15/h2-5,9,15H,6-7H2,1H3,(H,16,17)(H2,13,14,18). The first-order chi connectivity index (χ1) is 9.04. The van der Waals surface area contributed by atoms with Crippen molar-refractivity contribution >= 4 is 29.4 Å². The van der Waals surface area contributed by atoms with Gasteiger partial charge in [-0.15, -0.1) is 0 Å². The van der Waals surface area contributed by atoms with Crippen LogP contribution in [0.4, 0.5) is 10.5 Å². The Bertz CT molecular complexity index is 453. The van der Waals surface area contributed by atoms with Crippen molar-refractivity contribution in [3.63, 3.8) is 0 Å². The van der Waals surface area contributed by atoms with Crippen molar-refractivity contribution < 1.29 is 19.8 Å². The number of rotatable bonds is 6. The van der Waals surface area contributed by atoms with E-state index >= 15 is 0 Å². The maximum atomic E-state index is 11.6. The summed E-state index contributed by atoms with van der Waals surface area (Å²) in [5.74, 6) is -0.525. The fourth-order valence-corrected chi connectivity index (χ4v) is 1.86. The zero-order chi connectivity index (χ0) is 14.3. The predicted molar refractivity (Wildman–Crippen MR) is 74.7 cm³/mol. The Labute approximate surface area is 115 Å². The first-order valence-corrected chi connectivity index (χ1v) is 7.01. The molecule has 0 spiro atoms. The van der Waals surface area contributed by atoms with Gasteiger partial charge in [0, 0.05) is 0 Å². The number of carbonyl (C=O) groups excluding carboxylic acids is 1. The van der Waals surface area contributed by atoms with Crippen LogP contribution in [-0.4, -0.2) is 40.3 Å². The molecule has 1 atom stereocenters. The molecule has 0 radical (unpaired) electrons. The van der Waals surface area contributed by atoms with Crippen LogP contribution in [0.1, 0.15) is 6.42 Å². The van der Waals surface area contributed by atoms with Gasteiger partial charge in [0.15, 0.2) is 0 Å². The van der Waals surface area contributed by atoms with Crippen molar-refractivity contribution in [3.05, 3.63) is 24.3 Å². The molecule has 7 heteroatoms. The van der Waals surface area contributed by atoms with Gasteiger partial charge in [-0.3, -0.25) is 0 Å². The largest absolute Gasteiger partial charge is 0.506 e. The molecular formula is C12H16N2O4S. The van der Waals surface area contributed by atoms with Gasteiger partial charge in [0.2, 0.25) is 0 Å². The van der Waals surface area contributed by atoms with Gasteiger partial charge in [-0.25, -0.2) is 9.59 Å². The van der Waals surface area contributed by atoms with E-state index < -0.39 is 18.0 Å². The van der Waals surface area contributed by atoms with Crippen LogP contribution in [0, 0.1) is 0 Å². The second-order valence-electron chi connectivity index (χ2n) is 3.79. The number of para-hydroxylation sites is 2. The number of aromatic hydroxyl groups is 1. The topological polar surface area (TPSA) is 98.7 Å². The summed E-state index contributed by atoms with van der Waals surface area (Å²) in [6.07, 6.45) is 2.20. The van der Waals surface area contributed by atoms with Gasteiger partial charge in [-0.05, 0) is 30.6 Å². The van der Waals surface area contributed by atoms with Gasteiger partial charge in [-0.2, -0.15) is 11.8 Å². The number of carbonyl (C=O) groups is 2. The van der Waals surface area contributed by atoms with E-state index in [1.165, 1.54) is 23.9 Å². The molecule has 1 rings (SSSR count). The zero-order valence-corrected chi connectivity index (χ0v) is 11.2. The lowest BCUT2D eigenvalue weighted by molar-refractivity contribution is -0.139. The summed E-state index contributed by atoms with van der Waals surface area (Å²) in [6, 6.07) is 4.62. The third-order valence-electron chi connectivity index (χ3n) is 2.37. The molecule has 0 bridgehead atoms. The van der Waals surface area contributed by atoms with Crippen LogP contribution in [0.3, 0.4) is 0 Å². The number of hydrogen-bond acceptors (Lipinski definition) is 4. The van der Waals surface area contributed by atoms with Crippen molar-refractivity contribution in [1.29, 1.82) is 0 Å². The number of anilines is 1. The fourth-order valence-electron chi connectivity index (χ4n) is 1.39. The summed E-state index contributed by atoms with van der Waals surface area (Å²) in [5, 5.41) is 23.2. The van der Waals surface area contributed by atoms with E-state index in [1.807, 2.05) is 6.26 Å². The van der Waals surface area contributed by atoms with E-state index in [9.17, 15) is 14.7 Å². The number of carboxylic acids is 1. The Morgan fingerprint density at radius 3 is 2.63 bits per heavy atom. The molecule has 0 saturated carbocycles. The minimum absolute atomic E-state index is 0.0753. The molecule has 2 amide bonds. The first-order valence-electron chi connectivity index (χ1n) is 5.62. The van der Waals surface area contributed by atoms with Crippen LogP contribution in [0.25, 0.3) is 0 Å². The van der Waals surface area contributed by atoms with Gasteiger partial charge in [0.1, 0.15) is 11.8 Å². The third-order valence-corrected chi connectivity index (χ3v) is 3.01. The molecule has 4 N–H and O–H groups in total. The lowest BCUT2D eigenvalue weighted by Crippen LogP contribution is -2.43. The highest BCUT2D eigenvalue weighted by Crippen LogP contribution is 2.21. The molecule has 0 aromatic heterocycles. The summed E-state index contributed by atoms with van der Waals surface area (Å²) < 4.78 is 0. The molecule has 1 aromatic rings. The lowest BCUT2D eigenvalue weighted by Gasteiger charge is -2.15. The highest BCUT2D eigenvalue weighted by Gasteiger charge is 2.19. The number of nitrogens with one attached hydrogen (secondary N) is 2. The maximum absolute atomic E-state index is 11.6. The Morgan fingerprint density at radius 1 is 1.37 bits per heavy atom. The molecule has 6 nitrogen and oxygen atoms in total. The quantitative estimate of drug-likeness (QED) is 0.596. The van der Waals surface area contributed by atoms with Gasteiger partial charge < -0.3 is 20.8 Å². The normalized spacial score (nSPS) is 11.6. The number of phenols is 1. The van der Waals surface area contributed by atoms with Crippen LogP contribution >= 0.6 is 11.8 Å². The predicted octanol–water partition coefficient (Wildman–Crippen LogP) is 1.72. The Kier molecular flexibility index (Phi) is 6.01. The van der Waals surface area contributed by atoms with Crippen LogP contribution < -0.4 is 10.6 Å². The molecule has 1 unspecified atom stereocenters. The minimum atomic E-state index is -1.08. The van der Waals surface area contributed by atoms with E-state index in [4.69, 9.17) is 5.11 Å². The number of thioether (sulfide) groups is 1. The molecule has 0 aliphatic heterocycles. The van der Waals surface area contributed by atoms with Crippen molar-refractivity contribution in [2.45, 2.75) is 12.5 Å². The highest BCUT2D eigenvalue weighted by atomic mass is 32.2. The monoisotopic (exact) mass is 284 g/mol. The summed E-state index contributed by atoms with van der Waals surface area (Å²) in [7, 11) is 0. The van der Waals surface area contributed by atoms with E-state index in [0.29, 0.717) is 12.2 Å². The van der Waals surface area contributed by atoms with Crippen LogP contribution in [0.5, 0.6) is 5.75 Å². The first kappa shape index (κ1) is 15.2. The number of amides is 2. The molecule has 0 fully saturated rings. The molecule has 0 aliphatic carbocycles. The second kappa shape index (κ2) is 7.52. The Balaban J connectivity index is 2.58.